The topological polar surface area (TPSA) is 72.6 Å². The van der Waals surface area contributed by atoms with Crippen molar-refractivity contribution in [1.29, 1.82) is 0 Å². The number of hydrogen-bond acceptors (Lipinski definition) is 4. The maximum atomic E-state index is 12.3. The van der Waals surface area contributed by atoms with Gasteiger partial charge in [-0.25, -0.2) is 4.79 Å². The summed E-state index contributed by atoms with van der Waals surface area (Å²) in [5.41, 5.74) is 6.19. The molecule has 0 aromatic heterocycles. The molecule has 1 aliphatic heterocycles. The minimum absolute atomic E-state index is 0.172. The summed E-state index contributed by atoms with van der Waals surface area (Å²) in [5, 5.41) is 0.394. The summed E-state index contributed by atoms with van der Waals surface area (Å²) in [4.78, 5) is 26.1. The average Bonchev–Trinajstić information content (AvgIpc) is 2.47. The Kier molecular flexibility index (Phi) is 5.29. The molecule has 1 fully saturated rings. The number of piperidine rings is 1. The molecule has 0 radical (unpaired) electrons. The number of halogens is 1. The van der Waals surface area contributed by atoms with Gasteiger partial charge in [0, 0.05) is 22.8 Å². The Morgan fingerprint density at radius 1 is 1.32 bits per heavy atom. The van der Waals surface area contributed by atoms with Crippen molar-refractivity contribution >= 4 is 29.2 Å². The molecule has 1 heterocycles. The first-order valence-corrected chi connectivity index (χ1v) is 7.81. The zero-order valence-corrected chi connectivity index (χ0v) is 13.6. The van der Waals surface area contributed by atoms with Gasteiger partial charge in [-0.05, 0) is 51.3 Å². The van der Waals surface area contributed by atoms with Gasteiger partial charge in [0.15, 0.2) is 6.61 Å². The van der Waals surface area contributed by atoms with Crippen LogP contribution in [0.1, 0.15) is 43.5 Å². The van der Waals surface area contributed by atoms with E-state index in [0.717, 1.165) is 19.3 Å². The highest BCUT2D eigenvalue weighted by Gasteiger charge is 2.29. The number of nitrogens with two attached hydrogens (primary N) is 1. The highest BCUT2D eigenvalue weighted by molar-refractivity contribution is 6.31. The summed E-state index contributed by atoms with van der Waals surface area (Å²) in [7, 11) is 0. The van der Waals surface area contributed by atoms with Crippen molar-refractivity contribution in [3.63, 3.8) is 0 Å². The Morgan fingerprint density at radius 3 is 2.59 bits per heavy atom. The number of likely N-dealkylation sites (tertiary alicyclic amines) is 1. The summed E-state index contributed by atoms with van der Waals surface area (Å²) >= 11 is 5.85. The molecule has 1 aromatic carbocycles. The van der Waals surface area contributed by atoms with E-state index in [9.17, 15) is 9.59 Å². The van der Waals surface area contributed by atoms with Crippen LogP contribution in [0.2, 0.25) is 5.02 Å². The molecule has 2 rings (SSSR count). The number of carbonyl (C=O) groups excluding carboxylic acids is 2. The van der Waals surface area contributed by atoms with Gasteiger partial charge < -0.3 is 15.4 Å². The minimum Gasteiger partial charge on any atom is -0.452 e. The number of anilines is 1. The van der Waals surface area contributed by atoms with E-state index in [4.69, 9.17) is 22.1 Å². The van der Waals surface area contributed by atoms with Crippen molar-refractivity contribution in [2.45, 2.75) is 45.2 Å². The number of nitrogens with zero attached hydrogens (tertiary/aromatic N) is 1. The number of hydrogen-bond donors (Lipinski definition) is 1. The second kappa shape index (κ2) is 7.01. The smallest absolute Gasteiger partial charge is 0.340 e. The van der Waals surface area contributed by atoms with Gasteiger partial charge in [-0.15, -0.1) is 0 Å². The molecule has 0 bridgehead atoms. The fraction of sp³-hybridized carbons (Fsp3) is 0.500. The second-order valence-corrected chi connectivity index (χ2v) is 6.17. The van der Waals surface area contributed by atoms with Gasteiger partial charge in [0.1, 0.15) is 0 Å². The minimum atomic E-state index is -0.634. The maximum absolute atomic E-state index is 12.3. The Bertz CT molecular complexity index is 567. The number of carbonyl (C=O) groups is 2. The van der Waals surface area contributed by atoms with Crippen molar-refractivity contribution in [1.82, 2.24) is 4.90 Å². The molecule has 22 heavy (non-hydrogen) atoms. The lowest BCUT2D eigenvalue weighted by Gasteiger charge is -2.38. The van der Waals surface area contributed by atoms with Crippen LogP contribution in [0, 0.1) is 0 Å². The van der Waals surface area contributed by atoms with Gasteiger partial charge in [-0.3, -0.25) is 4.79 Å². The van der Waals surface area contributed by atoms with Crippen LogP contribution in [0.5, 0.6) is 0 Å². The first-order chi connectivity index (χ1) is 10.4. The third-order valence-electron chi connectivity index (χ3n) is 4.04. The van der Waals surface area contributed by atoms with Gasteiger partial charge in [-0.2, -0.15) is 0 Å². The zero-order valence-electron chi connectivity index (χ0n) is 12.8. The predicted molar refractivity (Wildman–Crippen MR) is 85.8 cm³/mol. The Hall–Kier alpha value is -1.75. The number of ether oxygens (including phenoxy) is 1. The molecular formula is C16H21ClN2O3. The second-order valence-electron chi connectivity index (χ2n) is 5.74. The van der Waals surface area contributed by atoms with Gasteiger partial charge in [-0.1, -0.05) is 11.6 Å². The zero-order chi connectivity index (χ0) is 16.3. The Morgan fingerprint density at radius 2 is 1.95 bits per heavy atom. The van der Waals surface area contributed by atoms with Crippen LogP contribution < -0.4 is 5.73 Å². The van der Waals surface area contributed by atoms with E-state index >= 15 is 0 Å². The molecule has 1 amide bonds. The van der Waals surface area contributed by atoms with Crippen LogP contribution in [-0.4, -0.2) is 35.5 Å². The predicted octanol–water partition coefficient (Wildman–Crippen LogP) is 2.87. The molecule has 5 nitrogen and oxygen atoms in total. The Balaban J connectivity index is 1.98. The highest BCUT2D eigenvalue weighted by atomic mass is 35.5. The normalized spacial score (nSPS) is 21.5. The quantitative estimate of drug-likeness (QED) is 0.685. The van der Waals surface area contributed by atoms with Crippen LogP contribution in [0.3, 0.4) is 0 Å². The number of benzene rings is 1. The average molecular weight is 325 g/mol. The van der Waals surface area contributed by atoms with Crippen molar-refractivity contribution < 1.29 is 14.3 Å². The summed E-state index contributed by atoms with van der Waals surface area (Å²) in [6.07, 6.45) is 3.07. The third kappa shape index (κ3) is 3.71. The van der Waals surface area contributed by atoms with Crippen LogP contribution in [-0.2, 0) is 9.53 Å². The molecule has 1 aromatic rings. The SMILES string of the molecule is C[C@H]1CCC[C@H](C)N1C(=O)COC(=O)c1cc(Cl)ccc1N. The molecular weight excluding hydrogens is 304 g/mol. The molecule has 0 aliphatic carbocycles. The van der Waals surface area contributed by atoms with Crippen LogP contribution in [0.15, 0.2) is 18.2 Å². The van der Waals surface area contributed by atoms with Crippen molar-refractivity contribution in [3.8, 4) is 0 Å². The number of nitrogen functional groups attached to an aromatic ring is 1. The molecule has 6 heteroatoms. The van der Waals surface area contributed by atoms with Gasteiger partial charge >= 0.3 is 5.97 Å². The van der Waals surface area contributed by atoms with Crippen molar-refractivity contribution in [2.75, 3.05) is 12.3 Å². The monoisotopic (exact) mass is 324 g/mol. The number of amides is 1. The van der Waals surface area contributed by atoms with Crippen LogP contribution in [0.4, 0.5) is 5.69 Å². The first kappa shape index (κ1) is 16.6. The molecule has 1 saturated heterocycles. The maximum Gasteiger partial charge on any atom is 0.340 e. The summed E-state index contributed by atoms with van der Waals surface area (Å²) in [5.74, 6) is -0.806. The lowest BCUT2D eigenvalue weighted by atomic mass is 9.97. The summed E-state index contributed by atoms with van der Waals surface area (Å²) < 4.78 is 5.11. The molecule has 2 atom stereocenters. The fourth-order valence-electron chi connectivity index (χ4n) is 2.90. The molecule has 0 unspecified atom stereocenters. The largest absolute Gasteiger partial charge is 0.452 e. The molecule has 2 N–H and O–H groups in total. The molecule has 1 aliphatic rings. The van der Waals surface area contributed by atoms with E-state index in [0.29, 0.717) is 5.02 Å². The van der Waals surface area contributed by atoms with Crippen LogP contribution >= 0.6 is 11.6 Å². The highest BCUT2D eigenvalue weighted by Crippen LogP contribution is 2.23. The van der Waals surface area contributed by atoms with E-state index in [1.54, 1.807) is 11.0 Å². The standard InChI is InChI=1S/C16H21ClN2O3/c1-10-4-3-5-11(2)19(10)15(20)9-22-16(21)13-8-12(17)6-7-14(13)18/h6-8,10-11H,3-5,9,18H2,1-2H3/t10-,11-/m0/s1. The van der Waals surface area contributed by atoms with Gasteiger partial charge in [0.25, 0.3) is 5.91 Å². The third-order valence-corrected chi connectivity index (χ3v) is 4.28. The van der Waals surface area contributed by atoms with Gasteiger partial charge in [0.2, 0.25) is 0 Å². The lowest BCUT2D eigenvalue weighted by molar-refractivity contribution is -0.140. The van der Waals surface area contributed by atoms with E-state index in [2.05, 4.69) is 0 Å². The van der Waals surface area contributed by atoms with Crippen molar-refractivity contribution in [3.05, 3.63) is 28.8 Å². The van der Waals surface area contributed by atoms with Gasteiger partial charge in [0.05, 0.1) is 5.56 Å². The van der Waals surface area contributed by atoms with E-state index in [1.165, 1.54) is 12.1 Å². The summed E-state index contributed by atoms with van der Waals surface area (Å²) in [6.45, 7) is 3.76. The molecule has 120 valence electrons. The van der Waals surface area contributed by atoms with Crippen LogP contribution in [0.25, 0.3) is 0 Å². The number of rotatable bonds is 3. The molecule has 0 saturated carbocycles. The lowest BCUT2D eigenvalue weighted by Crippen LogP contribution is -2.49. The van der Waals surface area contributed by atoms with E-state index < -0.39 is 5.97 Å². The fourth-order valence-corrected chi connectivity index (χ4v) is 3.07. The number of esters is 1. The van der Waals surface area contributed by atoms with E-state index in [-0.39, 0.29) is 35.8 Å². The molecule has 0 spiro atoms. The summed E-state index contributed by atoms with van der Waals surface area (Å²) in [6, 6.07) is 4.92. The Labute approximate surface area is 135 Å². The van der Waals surface area contributed by atoms with Crippen molar-refractivity contribution in [2.24, 2.45) is 0 Å². The first-order valence-electron chi connectivity index (χ1n) is 7.43. The van der Waals surface area contributed by atoms with E-state index in [1.807, 2.05) is 13.8 Å².